The Bertz CT molecular complexity index is 630. The zero-order valence-corrected chi connectivity index (χ0v) is 15.2. The van der Waals surface area contributed by atoms with E-state index in [0.29, 0.717) is 18.6 Å². The second-order valence-electron chi connectivity index (χ2n) is 7.78. The first-order valence-corrected chi connectivity index (χ1v) is 9.85. The highest BCUT2D eigenvalue weighted by Gasteiger charge is 2.42. The SMILES string of the molecule is O=C(Nc1ccccc1)NC1CC2CCC(C1)N2CC(=O)N1CCCC1. The van der Waals surface area contributed by atoms with E-state index in [4.69, 9.17) is 0 Å². The number of anilines is 1. The van der Waals surface area contributed by atoms with Crippen molar-refractivity contribution in [2.45, 2.75) is 56.7 Å². The first-order valence-electron chi connectivity index (χ1n) is 9.85. The summed E-state index contributed by atoms with van der Waals surface area (Å²) in [5.41, 5.74) is 0.807. The lowest BCUT2D eigenvalue weighted by Crippen LogP contribution is -2.53. The Kier molecular flexibility index (Phi) is 5.11. The van der Waals surface area contributed by atoms with Gasteiger partial charge in [-0.3, -0.25) is 9.69 Å². The van der Waals surface area contributed by atoms with Gasteiger partial charge in [0.05, 0.1) is 6.54 Å². The molecule has 3 fully saturated rings. The lowest BCUT2D eigenvalue weighted by molar-refractivity contribution is -0.132. The smallest absolute Gasteiger partial charge is 0.319 e. The summed E-state index contributed by atoms with van der Waals surface area (Å²) in [5.74, 6) is 0.285. The number of fused-ring (bicyclic) bond motifs is 2. The highest BCUT2D eigenvalue weighted by atomic mass is 16.2. The molecular weight excluding hydrogens is 328 g/mol. The van der Waals surface area contributed by atoms with Gasteiger partial charge in [-0.15, -0.1) is 0 Å². The van der Waals surface area contributed by atoms with Crippen LogP contribution in [0.25, 0.3) is 0 Å². The first-order chi connectivity index (χ1) is 12.7. The second kappa shape index (κ2) is 7.66. The van der Waals surface area contributed by atoms with E-state index in [2.05, 4.69) is 15.5 Å². The number of carbonyl (C=O) groups is 2. The van der Waals surface area contributed by atoms with Crippen molar-refractivity contribution < 1.29 is 9.59 Å². The summed E-state index contributed by atoms with van der Waals surface area (Å²) in [6.07, 6.45) is 6.42. The van der Waals surface area contributed by atoms with Crippen LogP contribution in [0.15, 0.2) is 30.3 Å². The van der Waals surface area contributed by atoms with Crippen LogP contribution in [-0.2, 0) is 4.79 Å². The van der Waals surface area contributed by atoms with Crippen molar-refractivity contribution in [3.05, 3.63) is 30.3 Å². The molecule has 3 heterocycles. The van der Waals surface area contributed by atoms with Gasteiger partial charge in [-0.25, -0.2) is 4.79 Å². The Hall–Kier alpha value is -2.08. The van der Waals surface area contributed by atoms with Crippen LogP contribution in [0.2, 0.25) is 0 Å². The van der Waals surface area contributed by atoms with Crippen LogP contribution in [0.5, 0.6) is 0 Å². The van der Waals surface area contributed by atoms with E-state index < -0.39 is 0 Å². The third-order valence-electron chi connectivity index (χ3n) is 6.03. The molecule has 0 spiro atoms. The first kappa shape index (κ1) is 17.3. The Labute approximate surface area is 154 Å². The van der Waals surface area contributed by atoms with Crippen LogP contribution >= 0.6 is 0 Å². The van der Waals surface area contributed by atoms with Crippen molar-refractivity contribution >= 4 is 17.6 Å². The van der Waals surface area contributed by atoms with E-state index in [1.165, 1.54) is 0 Å². The highest BCUT2D eigenvalue weighted by Crippen LogP contribution is 2.35. The number of urea groups is 1. The molecule has 3 aliphatic rings. The third-order valence-corrected chi connectivity index (χ3v) is 6.03. The molecule has 0 aliphatic carbocycles. The van der Waals surface area contributed by atoms with Gasteiger partial charge in [0.1, 0.15) is 0 Å². The number of amides is 3. The number of hydrogen-bond donors (Lipinski definition) is 2. The molecule has 3 saturated heterocycles. The topological polar surface area (TPSA) is 64.7 Å². The number of piperidine rings is 1. The fraction of sp³-hybridized carbons (Fsp3) is 0.600. The average Bonchev–Trinajstić information content (AvgIpc) is 3.23. The van der Waals surface area contributed by atoms with Gasteiger partial charge in [0, 0.05) is 36.9 Å². The molecule has 6 nitrogen and oxygen atoms in total. The van der Waals surface area contributed by atoms with Gasteiger partial charge in [0.15, 0.2) is 0 Å². The van der Waals surface area contributed by atoms with E-state index in [1.54, 1.807) is 0 Å². The van der Waals surface area contributed by atoms with Crippen molar-refractivity contribution in [1.82, 2.24) is 15.1 Å². The van der Waals surface area contributed by atoms with E-state index in [-0.39, 0.29) is 18.0 Å². The van der Waals surface area contributed by atoms with Crippen LogP contribution in [-0.4, -0.2) is 59.5 Å². The van der Waals surface area contributed by atoms with E-state index >= 15 is 0 Å². The summed E-state index contributed by atoms with van der Waals surface area (Å²) in [6, 6.07) is 10.4. The Morgan fingerprint density at radius 2 is 1.65 bits per heavy atom. The lowest BCUT2D eigenvalue weighted by Gasteiger charge is -2.39. The number of carbonyl (C=O) groups excluding carboxylic acids is 2. The fourth-order valence-corrected chi connectivity index (χ4v) is 4.75. The zero-order valence-electron chi connectivity index (χ0n) is 15.2. The average molecular weight is 356 g/mol. The van der Waals surface area contributed by atoms with Gasteiger partial charge in [-0.05, 0) is 50.7 Å². The van der Waals surface area contributed by atoms with Crippen LogP contribution in [0.3, 0.4) is 0 Å². The highest BCUT2D eigenvalue weighted by molar-refractivity contribution is 5.89. The molecule has 0 radical (unpaired) electrons. The molecule has 0 aromatic heterocycles. The molecule has 2 N–H and O–H groups in total. The summed E-state index contributed by atoms with van der Waals surface area (Å²) >= 11 is 0. The van der Waals surface area contributed by atoms with Gasteiger partial charge in [0.25, 0.3) is 0 Å². The van der Waals surface area contributed by atoms with Crippen molar-refractivity contribution in [2.24, 2.45) is 0 Å². The summed E-state index contributed by atoms with van der Waals surface area (Å²) in [5, 5.41) is 6.02. The molecule has 3 amide bonds. The van der Waals surface area contributed by atoms with E-state index in [0.717, 1.165) is 57.3 Å². The minimum atomic E-state index is -0.137. The van der Waals surface area contributed by atoms with Crippen molar-refractivity contribution in [3.63, 3.8) is 0 Å². The van der Waals surface area contributed by atoms with Gasteiger partial charge >= 0.3 is 6.03 Å². The molecule has 6 heteroatoms. The number of rotatable bonds is 4. The van der Waals surface area contributed by atoms with Crippen LogP contribution < -0.4 is 10.6 Å². The standard InChI is InChI=1S/C20H28N4O2/c25-19(23-10-4-5-11-23)14-24-17-8-9-18(24)13-16(12-17)22-20(26)21-15-6-2-1-3-7-15/h1-3,6-7,16-18H,4-5,8-14H2,(H2,21,22,26). The predicted molar refractivity (Wildman–Crippen MR) is 101 cm³/mol. The maximum atomic E-state index is 12.5. The zero-order chi connectivity index (χ0) is 17.9. The van der Waals surface area contributed by atoms with Crippen molar-refractivity contribution in [2.75, 3.05) is 25.0 Å². The number of likely N-dealkylation sites (tertiary alicyclic amines) is 1. The summed E-state index contributed by atoms with van der Waals surface area (Å²) in [4.78, 5) is 29.2. The number of benzene rings is 1. The molecule has 26 heavy (non-hydrogen) atoms. The molecule has 4 rings (SSSR count). The monoisotopic (exact) mass is 356 g/mol. The van der Waals surface area contributed by atoms with Gasteiger partial charge in [-0.2, -0.15) is 0 Å². The van der Waals surface area contributed by atoms with E-state index in [9.17, 15) is 9.59 Å². The molecule has 0 saturated carbocycles. The molecule has 2 unspecified atom stereocenters. The number of para-hydroxylation sites is 1. The normalized spacial score (nSPS) is 28.2. The predicted octanol–water partition coefficient (Wildman–Crippen LogP) is 2.43. The Morgan fingerprint density at radius 1 is 1.00 bits per heavy atom. The Morgan fingerprint density at radius 3 is 2.31 bits per heavy atom. The molecule has 3 aliphatic heterocycles. The minimum Gasteiger partial charge on any atom is -0.342 e. The van der Waals surface area contributed by atoms with Crippen LogP contribution in [0.1, 0.15) is 38.5 Å². The fourth-order valence-electron chi connectivity index (χ4n) is 4.75. The third kappa shape index (κ3) is 3.85. The van der Waals surface area contributed by atoms with Crippen LogP contribution in [0.4, 0.5) is 10.5 Å². The summed E-state index contributed by atoms with van der Waals surface area (Å²) < 4.78 is 0. The quantitative estimate of drug-likeness (QED) is 0.871. The molecule has 1 aromatic rings. The maximum Gasteiger partial charge on any atom is 0.319 e. The largest absolute Gasteiger partial charge is 0.342 e. The van der Waals surface area contributed by atoms with Gasteiger partial charge in [-0.1, -0.05) is 18.2 Å². The Balaban J connectivity index is 1.29. The lowest BCUT2D eigenvalue weighted by atomic mass is 9.97. The molecule has 2 atom stereocenters. The molecule has 2 bridgehead atoms. The van der Waals surface area contributed by atoms with Crippen molar-refractivity contribution in [3.8, 4) is 0 Å². The maximum absolute atomic E-state index is 12.5. The molecule has 1 aromatic carbocycles. The van der Waals surface area contributed by atoms with E-state index in [1.807, 2.05) is 35.2 Å². The number of hydrogen-bond acceptors (Lipinski definition) is 3. The molecule has 140 valence electrons. The minimum absolute atomic E-state index is 0.137. The number of nitrogens with zero attached hydrogens (tertiary/aromatic N) is 2. The second-order valence-corrected chi connectivity index (χ2v) is 7.78. The summed E-state index contributed by atoms with van der Waals surface area (Å²) in [7, 11) is 0. The summed E-state index contributed by atoms with van der Waals surface area (Å²) in [6.45, 7) is 2.40. The van der Waals surface area contributed by atoms with Gasteiger partial charge < -0.3 is 15.5 Å². The number of nitrogens with one attached hydrogen (secondary N) is 2. The molecular formula is C20H28N4O2. The van der Waals surface area contributed by atoms with Gasteiger partial charge in [0.2, 0.25) is 5.91 Å². The van der Waals surface area contributed by atoms with Crippen molar-refractivity contribution in [1.29, 1.82) is 0 Å². The van der Waals surface area contributed by atoms with Crippen LogP contribution in [0, 0.1) is 0 Å².